The van der Waals surface area contributed by atoms with Crippen molar-refractivity contribution in [2.24, 2.45) is 0 Å². The third-order valence-corrected chi connectivity index (χ3v) is 4.09. The normalized spacial score (nSPS) is 28.4. The van der Waals surface area contributed by atoms with E-state index >= 15 is 0 Å². The third-order valence-electron chi connectivity index (χ3n) is 2.17. The summed E-state index contributed by atoms with van der Waals surface area (Å²) in [5.41, 5.74) is 0.659. The van der Waals surface area contributed by atoms with Crippen molar-refractivity contribution in [2.75, 3.05) is 4.90 Å². The first-order valence-electron chi connectivity index (χ1n) is 4.11. The van der Waals surface area contributed by atoms with Crippen molar-refractivity contribution in [1.82, 2.24) is 0 Å². The number of alkyl halides is 1. The summed E-state index contributed by atoms with van der Waals surface area (Å²) in [6, 6.07) is 6.79. The van der Waals surface area contributed by atoms with E-state index in [-0.39, 0.29) is 35.5 Å². The van der Waals surface area contributed by atoms with Crippen LogP contribution in [-0.4, -0.2) is 15.5 Å². The number of thiol groups is 1. The van der Waals surface area contributed by atoms with Crippen molar-refractivity contribution in [2.45, 2.75) is 9.58 Å². The zero-order valence-electron chi connectivity index (χ0n) is 8.35. The van der Waals surface area contributed by atoms with Crippen molar-refractivity contribution >= 4 is 60.1 Å². The molecule has 0 spiro atoms. The van der Waals surface area contributed by atoms with Gasteiger partial charge in [0.25, 0.3) is 0 Å². The predicted molar refractivity (Wildman–Crippen MR) is 67.7 cm³/mol. The van der Waals surface area contributed by atoms with Crippen LogP contribution in [0.3, 0.4) is 0 Å². The van der Waals surface area contributed by atoms with Crippen molar-refractivity contribution in [3.05, 3.63) is 29.3 Å². The molecular formula is C9H6Cl2NNaOS2. The molecule has 1 aliphatic rings. The number of rotatable bonds is 1. The fourth-order valence-electron chi connectivity index (χ4n) is 1.38. The van der Waals surface area contributed by atoms with Crippen LogP contribution in [0.2, 0.25) is 5.02 Å². The zero-order valence-corrected chi connectivity index (χ0v) is 13.6. The average molecular weight is 302 g/mol. The van der Waals surface area contributed by atoms with Gasteiger partial charge >= 0.3 is 29.6 Å². The molecule has 0 bridgehead atoms. The maximum atomic E-state index is 11.5. The number of benzene rings is 1. The number of carbonyl (C=O) groups excluding carboxylic acids is 1. The van der Waals surface area contributed by atoms with E-state index in [0.717, 1.165) is 0 Å². The Labute approximate surface area is 137 Å². The summed E-state index contributed by atoms with van der Waals surface area (Å²) in [6.07, 6.45) is 0. The molecule has 1 heterocycles. The summed E-state index contributed by atoms with van der Waals surface area (Å²) in [7, 11) is 0. The number of anilines is 1. The standard InChI is InChI=1S/C9H7Cl2NOS2.Na/c10-5-1-3-6(4-2-5)12-8(13)7(11)9(12,14)15;/h1-4,7,14-15H;/q;+1/p-1. The summed E-state index contributed by atoms with van der Waals surface area (Å²) in [5, 5.41) is -0.158. The van der Waals surface area contributed by atoms with E-state index in [2.05, 4.69) is 12.6 Å². The molecule has 0 aliphatic carbocycles. The average Bonchev–Trinajstić information content (AvgIpc) is 2.20. The van der Waals surface area contributed by atoms with E-state index in [1.54, 1.807) is 24.3 Å². The molecule has 1 saturated heterocycles. The molecular weight excluding hydrogens is 296 g/mol. The quantitative estimate of drug-likeness (QED) is 0.246. The Hall–Kier alpha value is 0.970. The van der Waals surface area contributed by atoms with Crippen LogP contribution in [0.4, 0.5) is 5.69 Å². The summed E-state index contributed by atoms with van der Waals surface area (Å²) in [5.74, 6) is -0.232. The Morgan fingerprint density at radius 1 is 1.38 bits per heavy atom. The minimum absolute atomic E-state index is 0. The maximum absolute atomic E-state index is 11.5. The molecule has 7 heteroatoms. The second-order valence-corrected chi connectivity index (χ2v) is 5.65. The molecule has 0 N–H and O–H groups in total. The van der Waals surface area contributed by atoms with Gasteiger partial charge in [0.2, 0.25) is 5.91 Å². The molecule has 0 radical (unpaired) electrons. The molecule has 1 aliphatic heterocycles. The molecule has 2 rings (SSSR count). The number of nitrogens with zero attached hydrogens (tertiary/aromatic N) is 1. The van der Waals surface area contributed by atoms with Crippen molar-refractivity contribution < 1.29 is 34.4 Å². The third kappa shape index (κ3) is 2.39. The van der Waals surface area contributed by atoms with Gasteiger partial charge < -0.3 is 17.5 Å². The summed E-state index contributed by atoms with van der Waals surface area (Å²) in [4.78, 5) is 12.9. The first kappa shape index (κ1) is 15.0. The number of hydrogen-bond donors (Lipinski definition) is 1. The number of hydrogen-bond acceptors (Lipinski definition) is 3. The van der Waals surface area contributed by atoms with E-state index in [1.807, 2.05) is 0 Å². The fraction of sp³-hybridized carbons (Fsp3) is 0.222. The molecule has 1 fully saturated rings. The number of halogens is 2. The minimum Gasteiger partial charge on any atom is -0.751 e. The summed E-state index contributed by atoms with van der Waals surface area (Å²) in [6.45, 7) is 0. The van der Waals surface area contributed by atoms with E-state index in [0.29, 0.717) is 10.7 Å². The van der Waals surface area contributed by atoms with E-state index < -0.39 is 9.58 Å². The Kier molecular flexibility index (Phi) is 4.98. The van der Waals surface area contributed by atoms with Gasteiger partial charge in [-0.15, -0.1) is 11.6 Å². The van der Waals surface area contributed by atoms with E-state index in [4.69, 9.17) is 35.8 Å². The van der Waals surface area contributed by atoms with Gasteiger partial charge in [0.15, 0.2) is 0 Å². The van der Waals surface area contributed by atoms with Crippen molar-refractivity contribution in [3.63, 3.8) is 0 Å². The number of carbonyl (C=O) groups is 1. The molecule has 2 atom stereocenters. The van der Waals surface area contributed by atoms with E-state index in [1.165, 1.54) is 4.90 Å². The van der Waals surface area contributed by atoms with Crippen LogP contribution in [0, 0.1) is 0 Å². The molecule has 0 aromatic heterocycles. The second kappa shape index (κ2) is 5.31. The van der Waals surface area contributed by atoms with E-state index in [9.17, 15) is 4.79 Å². The van der Waals surface area contributed by atoms with Crippen LogP contribution < -0.4 is 34.5 Å². The van der Waals surface area contributed by atoms with Gasteiger partial charge in [0, 0.05) is 10.7 Å². The van der Waals surface area contributed by atoms with Crippen molar-refractivity contribution in [1.29, 1.82) is 0 Å². The van der Waals surface area contributed by atoms with Crippen LogP contribution in [0.1, 0.15) is 0 Å². The first-order chi connectivity index (χ1) is 6.94. The predicted octanol–water partition coefficient (Wildman–Crippen LogP) is -0.572. The van der Waals surface area contributed by atoms with Gasteiger partial charge in [-0.3, -0.25) is 4.79 Å². The van der Waals surface area contributed by atoms with Gasteiger partial charge in [-0.05, 0) is 28.5 Å². The summed E-state index contributed by atoms with van der Waals surface area (Å²) < 4.78 is -1.05. The SMILES string of the molecule is O=C1C(Cl)C([S-])(S)N1c1ccc(Cl)cc1.[Na+]. The van der Waals surface area contributed by atoms with Crippen LogP contribution in [0.25, 0.3) is 0 Å². The Morgan fingerprint density at radius 2 is 1.88 bits per heavy atom. The summed E-state index contributed by atoms with van der Waals surface area (Å²) >= 11 is 20.8. The van der Waals surface area contributed by atoms with Crippen LogP contribution in [0.15, 0.2) is 24.3 Å². The molecule has 1 aromatic rings. The topological polar surface area (TPSA) is 20.3 Å². The number of β-lactam (4-membered cyclic amide) rings is 1. The fourth-order valence-corrected chi connectivity index (χ4v) is 2.32. The van der Waals surface area contributed by atoms with Crippen LogP contribution in [-0.2, 0) is 17.4 Å². The van der Waals surface area contributed by atoms with Crippen LogP contribution >= 0.6 is 35.8 Å². The first-order valence-corrected chi connectivity index (χ1v) is 5.78. The second-order valence-electron chi connectivity index (χ2n) is 3.17. The molecule has 1 amide bonds. The largest absolute Gasteiger partial charge is 1.00 e. The molecule has 0 saturated carbocycles. The Bertz CT molecular complexity index is 412. The Balaban J connectivity index is 0.00000128. The monoisotopic (exact) mass is 301 g/mol. The smallest absolute Gasteiger partial charge is 0.751 e. The van der Waals surface area contributed by atoms with Crippen LogP contribution in [0.5, 0.6) is 0 Å². The Morgan fingerprint density at radius 3 is 2.31 bits per heavy atom. The molecule has 2 unspecified atom stereocenters. The van der Waals surface area contributed by atoms with Crippen molar-refractivity contribution in [3.8, 4) is 0 Å². The zero-order chi connectivity index (χ0) is 11.2. The molecule has 80 valence electrons. The molecule has 1 aromatic carbocycles. The van der Waals surface area contributed by atoms with Gasteiger partial charge in [-0.25, -0.2) is 0 Å². The van der Waals surface area contributed by atoms with Gasteiger partial charge in [0.05, 0.1) is 0 Å². The van der Waals surface area contributed by atoms with Gasteiger partial charge in [0.1, 0.15) is 5.38 Å². The van der Waals surface area contributed by atoms with Gasteiger partial charge in [-0.1, -0.05) is 11.6 Å². The number of amides is 1. The minimum atomic E-state index is -1.05. The molecule has 16 heavy (non-hydrogen) atoms. The molecule has 2 nitrogen and oxygen atoms in total. The maximum Gasteiger partial charge on any atom is 1.00 e. The van der Waals surface area contributed by atoms with Gasteiger partial charge in [-0.2, -0.15) is 12.6 Å².